The number of methoxy groups -OCH3 is 1. The Morgan fingerprint density at radius 1 is 1.09 bits per heavy atom. The zero-order valence-electron chi connectivity index (χ0n) is 17.1. The number of benzene rings is 2. The molecule has 1 aliphatic rings. The molecule has 3 aromatic rings. The Morgan fingerprint density at radius 2 is 1.91 bits per heavy atom. The van der Waals surface area contributed by atoms with Crippen molar-refractivity contribution < 1.29 is 26.7 Å². The predicted octanol–water partition coefficient (Wildman–Crippen LogP) is 3.54. The van der Waals surface area contributed by atoms with Crippen LogP contribution in [0.2, 0.25) is 0 Å². The second-order valence-electron chi connectivity index (χ2n) is 7.34. The van der Waals surface area contributed by atoms with Gasteiger partial charge < -0.3 is 9.30 Å². The molecule has 8 nitrogen and oxygen atoms in total. The van der Waals surface area contributed by atoms with Crippen LogP contribution >= 0.6 is 0 Å². The number of rotatable bonds is 5. The number of esters is 1. The van der Waals surface area contributed by atoms with Gasteiger partial charge in [0, 0.05) is 19.0 Å². The zero-order chi connectivity index (χ0) is 22.9. The Kier molecular flexibility index (Phi) is 5.92. The third-order valence-corrected chi connectivity index (χ3v) is 6.58. The van der Waals surface area contributed by atoms with Crippen LogP contribution in [-0.2, 0) is 27.7 Å². The monoisotopic (exact) mass is 462 g/mol. The van der Waals surface area contributed by atoms with Gasteiger partial charge in [-0.25, -0.2) is 22.0 Å². The minimum absolute atomic E-state index is 0.0156. The number of ether oxygens (including phenoxy) is 1. The molecular weight excluding hydrogens is 442 g/mol. The number of nitrogens with zero attached hydrogens (tertiary/aromatic N) is 3. The molecule has 0 radical (unpaired) electrons. The average molecular weight is 462 g/mol. The number of carbonyl (C=O) groups is 1. The van der Waals surface area contributed by atoms with Crippen molar-refractivity contribution in [2.24, 2.45) is 0 Å². The number of hydrogen-bond donors (Lipinski definition) is 1. The van der Waals surface area contributed by atoms with Crippen molar-refractivity contribution in [2.45, 2.75) is 37.1 Å². The van der Waals surface area contributed by atoms with Crippen molar-refractivity contribution in [2.75, 3.05) is 11.8 Å². The third kappa shape index (κ3) is 4.20. The van der Waals surface area contributed by atoms with E-state index in [0.29, 0.717) is 24.9 Å². The lowest BCUT2D eigenvalue weighted by Gasteiger charge is -2.13. The number of halogens is 2. The normalized spacial score (nSPS) is 13.8. The fraction of sp³-hybridized carbons (Fsp3) is 0.286. The summed E-state index contributed by atoms with van der Waals surface area (Å²) in [6.07, 6.45) is 3.52. The molecule has 0 unspecified atom stereocenters. The van der Waals surface area contributed by atoms with Crippen LogP contribution in [0.5, 0.6) is 0 Å². The highest BCUT2D eigenvalue weighted by atomic mass is 32.2. The van der Waals surface area contributed by atoms with Crippen LogP contribution in [0.3, 0.4) is 0 Å². The minimum Gasteiger partial charge on any atom is -0.465 e. The molecule has 0 atom stereocenters. The number of fused-ring (bicyclic) bond motifs is 1. The van der Waals surface area contributed by atoms with Crippen molar-refractivity contribution in [3.8, 4) is 11.4 Å². The molecule has 32 heavy (non-hydrogen) atoms. The Bertz CT molecular complexity index is 1290. The number of anilines is 1. The van der Waals surface area contributed by atoms with E-state index in [4.69, 9.17) is 0 Å². The van der Waals surface area contributed by atoms with Crippen LogP contribution in [0.25, 0.3) is 11.4 Å². The van der Waals surface area contributed by atoms with E-state index < -0.39 is 33.3 Å². The Morgan fingerprint density at radius 3 is 2.69 bits per heavy atom. The maximum atomic E-state index is 14.7. The number of aromatic nitrogens is 3. The second kappa shape index (κ2) is 8.65. The summed E-state index contributed by atoms with van der Waals surface area (Å²) in [5, 5.41) is 8.17. The van der Waals surface area contributed by atoms with Crippen molar-refractivity contribution in [3.05, 3.63) is 59.4 Å². The van der Waals surface area contributed by atoms with Gasteiger partial charge in [-0.05, 0) is 37.1 Å². The van der Waals surface area contributed by atoms with Crippen LogP contribution < -0.4 is 4.72 Å². The molecule has 1 aromatic heterocycles. The first-order valence-corrected chi connectivity index (χ1v) is 11.4. The van der Waals surface area contributed by atoms with E-state index in [0.717, 1.165) is 31.4 Å². The summed E-state index contributed by atoms with van der Waals surface area (Å²) >= 11 is 0. The van der Waals surface area contributed by atoms with Gasteiger partial charge in [-0.15, -0.1) is 10.2 Å². The number of carbonyl (C=O) groups excluding carboxylic acids is 1. The summed E-state index contributed by atoms with van der Waals surface area (Å²) in [5.41, 5.74) is -0.495. The lowest BCUT2D eigenvalue weighted by atomic mass is 10.1. The molecule has 0 saturated heterocycles. The minimum atomic E-state index is -4.28. The molecule has 1 aliphatic heterocycles. The van der Waals surface area contributed by atoms with Gasteiger partial charge in [-0.2, -0.15) is 0 Å². The smallest absolute Gasteiger partial charge is 0.337 e. The molecule has 11 heteroatoms. The first-order valence-electron chi connectivity index (χ1n) is 9.93. The van der Waals surface area contributed by atoms with E-state index in [1.807, 2.05) is 0 Å². The summed E-state index contributed by atoms with van der Waals surface area (Å²) in [6.45, 7) is 0.593. The Balaban J connectivity index is 1.72. The van der Waals surface area contributed by atoms with Gasteiger partial charge in [0.1, 0.15) is 17.5 Å². The lowest BCUT2D eigenvalue weighted by Crippen LogP contribution is -2.15. The standard InChI is InChI=1S/C21H20F2N4O4S/c1-31-21(28)13-6-5-7-14(10-13)32(29,30)26-18-11-15(16(22)12-17(18)23)20-25-24-19-8-3-2-4-9-27(19)20/h5-7,10-12,26H,2-4,8-9H2,1H3. The van der Waals surface area contributed by atoms with Crippen molar-refractivity contribution in [3.63, 3.8) is 0 Å². The maximum Gasteiger partial charge on any atom is 0.337 e. The number of nitrogens with one attached hydrogen (secondary N) is 1. The van der Waals surface area contributed by atoms with E-state index >= 15 is 0 Å². The molecular formula is C21H20F2N4O4S. The summed E-state index contributed by atoms with van der Waals surface area (Å²) < 4.78 is 63.3. The fourth-order valence-corrected chi connectivity index (χ4v) is 4.70. The van der Waals surface area contributed by atoms with Gasteiger partial charge in [-0.3, -0.25) is 4.72 Å². The van der Waals surface area contributed by atoms with Gasteiger partial charge in [0.05, 0.1) is 28.8 Å². The molecule has 0 aliphatic carbocycles. The van der Waals surface area contributed by atoms with Crippen LogP contribution in [0.4, 0.5) is 14.5 Å². The van der Waals surface area contributed by atoms with Gasteiger partial charge >= 0.3 is 5.97 Å². The highest BCUT2D eigenvalue weighted by molar-refractivity contribution is 7.92. The predicted molar refractivity (Wildman–Crippen MR) is 112 cm³/mol. The Hall–Kier alpha value is -3.34. The topological polar surface area (TPSA) is 103 Å². The highest BCUT2D eigenvalue weighted by Gasteiger charge is 2.23. The van der Waals surface area contributed by atoms with Gasteiger partial charge in [0.25, 0.3) is 10.0 Å². The summed E-state index contributed by atoms with van der Waals surface area (Å²) in [5.74, 6) is -1.76. The van der Waals surface area contributed by atoms with E-state index in [-0.39, 0.29) is 21.8 Å². The zero-order valence-corrected chi connectivity index (χ0v) is 18.0. The van der Waals surface area contributed by atoms with E-state index in [1.54, 1.807) is 4.57 Å². The number of sulfonamides is 1. The van der Waals surface area contributed by atoms with Gasteiger partial charge in [0.2, 0.25) is 0 Å². The van der Waals surface area contributed by atoms with Crippen molar-refractivity contribution in [1.82, 2.24) is 14.8 Å². The van der Waals surface area contributed by atoms with E-state index in [2.05, 4.69) is 19.7 Å². The van der Waals surface area contributed by atoms with Crippen molar-refractivity contribution >= 4 is 21.7 Å². The van der Waals surface area contributed by atoms with Crippen LogP contribution in [0.15, 0.2) is 41.3 Å². The molecule has 4 rings (SSSR count). The van der Waals surface area contributed by atoms with E-state index in [9.17, 15) is 22.0 Å². The average Bonchev–Trinajstić information content (AvgIpc) is 3.02. The van der Waals surface area contributed by atoms with Gasteiger partial charge in [0.15, 0.2) is 5.82 Å². The number of hydrogen-bond acceptors (Lipinski definition) is 6. The summed E-state index contributed by atoms with van der Waals surface area (Å²) in [7, 11) is -3.12. The first-order chi connectivity index (χ1) is 15.3. The molecule has 0 amide bonds. The first kappa shape index (κ1) is 21.9. The van der Waals surface area contributed by atoms with Crippen molar-refractivity contribution in [1.29, 1.82) is 0 Å². The van der Waals surface area contributed by atoms with Crippen LogP contribution in [0.1, 0.15) is 35.4 Å². The molecule has 2 heterocycles. The van der Waals surface area contributed by atoms with Crippen LogP contribution in [-0.4, -0.2) is 36.3 Å². The maximum absolute atomic E-state index is 14.7. The Labute approximate surface area is 183 Å². The summed E-state index contributed by atoms with van der Waals surface area (Å²) in [6, 6.07) is 6.77. The fourth-order valence-electron chi connectivity index (χ4n) is 3.59. The van der Waals surface area contributed by atoms with E-state index in [1.165, 1.54) is 25.3 Å². The van der Waals surface area contributed by atoms with Crippen LogP contribution in [0, 0.1) is 11.6 Å². The molecule has 0 spiro atoms. The molecule has 0 saturated carbocycles. The third-order valence-electron chi connectivity index (χ3n) is 5.22. The molecule has 168 valence electrons. The second-order valence-corrected chi connectivity index (χ2v) is 9.02. The van der Waals surface area contributed by atoms with Gasteiger partial charge in [-0.1, -0.05) is 12.5 Å². The largest absolute Gasteiger partial charge is 0.465 e. The highest BCUT2D eigenvalue weighted by Crippen LogP contribution is 2.30. The lowest BCUT2D eigenvalue weighted by molar-refractivity contribution is 0.0600. The quantitative estimate of drug-likeness (QED) is 0.582. The molecule has 1 N–H and O–H groups in total. The summed E-state index contributed by atoms with van der Waals surface area (Å²) in [4.78, 5) is 11.4. The SMILES string of the molecule is COC(=O)c1cccc(S(=O)(=O)Nc2cc(-c3nnc4n3CCCCC4)c(F)cc2F)c1. The molecule has 0 fully saturated rings. The number of aryl methyl sites for hydroxylation is 1. The molecule has 2 aromatic carbocycles. The molecule has 0 bridgehead atoms.